The molecule has 0 radical (unpaired) electrons. The summed E-state index contributed by atoms with van der Waals surface area (Å²) >= 11 is 2.05. The van der Waals surface area contributed by atoms with E-state index in [1.54, 1.807) is 43.3 Å². The summed E-state index contributed by atoms with van der Waals surface area (Å²) in [6.07, 6.45) is -2.92. The Morgan fingerprint density at radius 3 is 2.53 bits per heavy atom. The van der Waals surface area contributed by atoms with Gasteiger partial charge in [-0.05, 0) is 71.5 Å². The molecule has 0 aliphatic carbocycles. The number of rotatable bonds is 6. The minimum absolute atomic E-state index is 0.000501. The minimum Gasteiger partial charge on any atom is -0.490 e. The number of ether oxygens (including phenoxy) is 2. The standard InChI is InChI=1S/C25H18F4INO3/c1-2-33-22-11-14(10-20(30)23(22)34-13-15-5-3-4-6-19(15)26)9-18-17-8-7-16(25(27,28)29)12-21(17)31-24(18)32/h3-12H,2,13H2,1H3,(H,31,32)/b18-9-. The summed E-state index contributed by atoms with van der Waals surface area (Å²) in [5, 5.41) is 2.49. The molecule has 0 saturated heterocycles. The molecule has 1 amide bonds. The van der Waals surface area contributed by atoms with Crippen LogP contribution in [-0.4, -0.2) is 12.5 Å². The molecule has 1 aliphatic heterocycles. The highest BCUT2D eigenvalue weighted by Gasteiger charge is 2.33. The van der Waals surface area contributed by atoms with E-state index in [0.29, 0.717) is 38.4 Å². The topological polar surface area (TPSA) is 47.6 Å². The van der Waals surface area contributed by atoms with E-state index in [4.69, 9.17) is 9.47 Å². The van der Waals surface area contributed by atoms with Gasteiger partial charge in [0, 0.05) is 22.4 Å². The highest BCUT2D eigenvalue weighted by Crippen LogP contribution is 2.40. The first-order valence-corrected chi connectivity index (χ1v) is 11.3. The molecule has 34 heavy (non-hydrogen) atoms. The van der Waals surface area contributed by atoms with Crippen molar-refractivity contribution < 1.29 is 31.8 Å². The molecule has 9 heteroatoms. The van der Waals surface area contributed by atoms with E-state index in [2.05, 4.69) is 27.9 Å². The molecule has 1 N–H and O–H groups in total. The molecule has 0 bridgehead atoms. The number of hydrogen-bond acceptors (Lipinski definition) is 3. The lowest BCUT2D eigenvalue weighted by molar-refractivity contribution is -0.137. The van der Waals surface area contributed by atoms with Crippen molar-refractivity contribution in [2.45, 2.75) is 19.7 Å². The Bertz CT molecular complexity index is 1290. The fourth-order valence-corrected chi connectivity index (χ4v) is 4.30. The van der Waals surface area contributed by atoms with Gasteiger partial charge in [-0.3, -0.25) is 4.79 Å². The lowest BCUT2D eigenvalue weighted by atomic mass is 10.0. The van der Waals surface area contributed by atoms with E-state index in [9.17, 15) is 22.4 Å². The Morgan fingerprint density at radius 2 is 1.82 bits per heavy atom. The lowest BCUT2D eigenvalue weighted by Gasteiger charge is -2.15. The molecule has 3 aromatic carbocycles. The zero-order valence-electron chi connectivity index (χ0n) is 17.8. The summed E-state index contributed by atoms with van der Waals surface area (Å²) in [7, 11) is 0. The monoisotopic (exact) mass is 583 g/mol. The summed E-state index contributed by atoms with van der Waals surface area (Å²) < 4.78 is 65.2. The summed E-state index contributed by atoms with van der Waals surface area (Å²) in [5.41, 5.74) is 0.884. The van der Waals surface area contributed by atoms with Crippen LogP contribution in [0, 0.1) is 9.39 Å². The third kappa shape index (κ3) is 5.03. The predicted molar refractivity (Wildman–Crippen MR) is 129 cm³/mol. The fraction of sp³-hybridized carbons (Fsp3) is 0.160. The highest BCUT2D eigenvalue weighted by atomic mass is 127. The van der Waals surface area contributed by atoms with E-state index in [-0.39, 0.29) is 23.7 Å². The molecule has 1 heterocycles. The third-order valence-corrected chi connectivity index (χ3v) is 5.90. The van der Waals surface area contributed by atoms with Gasteiger partial charge in [-0.25, -0.2) is 4.39 Å². The van der Waals surface area contributed by atoms with Crippen LogP contribution in [0.1, 0.15) is 29.2 Å². The SMILES string of the molecule is CCOc1cc(/C=C2\C(=O)Nc3cc(C(F)(F)F)ccc32)cc(I)c1OCc1ccccc1F. The van der Waals surface area contributed by atoms with Gasteiger partial charge in [0.2, 0.25) is 0 Å². The van der Waals surface area contributed by atoms with Crippen molar-refractivity contribution in [2.24, 2.45) is 0 Å². The second-order valence-corrected chi connectivity index (χ2v) is 8.58. The molecule has 0 saturated carbocycles. The third-order valence-electron chi connectivity index (χ3n) is 5.10. The van der Waals surface area contributed by atoms with E-state index < -0.39 is 17.6 Å². The van der Waals surface area contributed by atoms with Gasteiger partial charge in [0.1, 0.15) is 12.4 Å². The summed E-state index contributed by atoms with van der Waals surface area (Å²) in [6, 6.07) is 12.9. The van der Waals surface area contributed by atoms with Crippen LogP contribution < -0.4 is 14.8 Å². The molecule has 176 valence electrons. The molecule has 1 aliphatic rings. The van der Waals surface area contributed by atoms with Crippen molar-refractivity contribution in [1.29, 1.82) is 0 Å². The number of nitrogens with one attached hydrogen (secondary N) is 1. The molecular formula is C25H18F4INO3. The van der Waals surface area contributed by atoms with E-state index >= 15 is 0 Å². The van der Waals surface area contributed by atoms with Crippen molar-refractivity contribution >= 4 is 45.8 Å². The van der Waals surface area contributed by atoms with Crippen LogP contribution in [-0.2, 0) is 17.6 Å². The number of fused-ring (bicyclic) bond motifs is 1. The molecule has 4 nitrogen and oxygen atoms in total. The van der Waals surface area contributed by atoms with Crippen LogP contribution in [0.25, 0.3) is 11.6 Å². The molecule has 0 fully saturated rings. The molecule has 4 rings (SSSR count). The number of anilines is 1. The van der Waals surface area contributed by atoms with Gasteiger partial charge < -0.3 is 14.8 Å². The minimum atomic E-state index is -4.51. The van der Waals surface area contributed by atoms with Crippen LogP contribution >= 0.6 is 22.6 Å². The van der Waals surface area contributed by atoms with Gasteiger partial charge in [0.05, 0.1) is 15.7 Å². The quantitative estimate of drug-likeness (QED) is 0.195. The lowest BCUT2D eigenvalue weighted by Crippen LogP contribution is -2.06. The number of halogens is 5. The average Bonchev–Trinajstić information content (AvgIpc) is 3.08. The number of alkyl halides is 3. The molecule has 0 aromatic heterocycles. The van der Waals surface area contributed by atoms with Crippen molar-refractivity contribution in [2.75, 3.05) is 11.9 Å². The number of hydrogen-bond donors (Lipinski definition) is 1. The van der Waals surface area contributed by atoms with Crippen LogP contribution in [0.2, 0.25) is 0 Å². The number of amides is 1. The fourth-order valence-electron chi connectivity index (χ4n) is 3.52. The van der Waals surface area contributed by atoms with E-state index in [0.717, 1.165) is 12.1 Å². The Balaban J connectivity index is 1.67. The van der Waals surface area contributed by atoms with Gasteiger partial charge in [-0.2, -0.15) is 13.2 Å². The maximum atomic E-state index is 14.0. The first-order chi connectivity index (χ1) is 16.2. The smallest absolute Gasteiger partial charge is 0.416 e. The van der Waals surface area contributed by atoms with Crippen molar-refractivity contribution in [3.8, 4) is 11.5 Å². The molecular weight excluding hydrogens is 565 g/mol. The van der Waals surface area contributed by atoms with Gasteiger partial charge >= 0.3 is 6.18 Å². The maximum absolute atomic E-state index is 14.0. The number of benzene rings is 3. The van der Waals surface area contributed by atoms with Crippen LogP contribution in [0.15, 0.2) is 54.6 Å². The molecule has 0 spiro atoms. The first-order valence-electron chi connectivity index (χ1n) is 10.2. The normalized spacial score (nSPS) is 14.2. The number of carbonyl (C=O) groups excluding carboxylic acids is 1. The number of carbonyl (C=O) groups is 1. The first kappa shape index (κ1) is 24.1. The van der Waals surface area contributed by atoms with Gasteiger partial charge in [0.15, 0.2) is 11.5 Å². The Kier molecular flexibility index (Phi) is 6.83. The Labute approximate surface area is 206 Å². The van der Waals surface area contributed by atoms with Gasteiger partial charge in [0.25, 0.3) is 5.91 Å². The zero-order valence-corrected chi connectivity index (χ0v) is 20.0. The van der Waals surface area contributed by atoms with Crippen LogP contribution in [0.4, 0.5) is 23.2 Å². The predicted octanol–water partition coefficient (Wildman–Crippen LogP) is 6.92. The summed E-state index contributed by atoms with van der Waals surface area (Å²) in [5.74, 6) is -0.0406. The highest BCUT2D eigenvalue weighted by molar-refractivity contribution is 14.1. The van der Waals surface area contributed by atoms with Crippen molar-refractivity contribution in [3.05, 3.63) is 86.2 Å². The van der Waals surface area contributed by atoms with Gasteiger partial charge in [-0.15, -0.1) is 0 Å². The van der Waals surface area contributed by atoms with Crippen LogP contribution in [0.3, 0.4) is 0 Å². The molecule has 3 aromatic rings. The van der Waals surface area contributed by atoms with Crippen molar-refractivity contribution in [1.82, 2.24) is 0 Å². The average molecular weight is 583 g/mol. The summed E-state index contributed by atoms with van der Waals surface area (Å²) in [4.78, 5) is 12.5. The molecule has 0 unspecified atom stereocenters. The van der Waals surface area contributed by atoms with E-state index in [1.807, 2.05) is 0 Å². The zero-order chi connectivity index (χ0) is 24.5. The Hall–Kier alpha value is -3.08. The van der Waals surface area contributed by atoms with Crippen molar-refractivity contribution in [3.63, 3.8) is 0 Å². The maximum Gasteiger partial charge on any atom is 0.416 e. The molecule has 0 atom stereocenters. The Morgan fingerprint density at radius 1 is 1.06 bits per heavy atom. The van der Waals surface area contributed by atoms with E-state index in [1.165, 1.54) is 12.1 Å². The second-order valence-electron chi connectivity index (χ2n) is 7.41. The summed E-state index contributed by atoms with van der Waals surface area (Å²) in [6.45, 7) is 2.15. The largest absolute Gasteiger partial charge is 0.490 e. The second kappa shape index (κ2) is 9.65. The van der Waals surface area contributed by atoms with Crippen LogP contribution in [0.5, 0.6) is 11.5 Å². The van der Waals surface area contributed by atoms with Gasteiger partial charge in [-0.1, -0.05) is 24.3 Å².